The Hall–Kier alpha value is -2.60. The molecule has 5 nitrogen and oxygen atoms in total. The maximum atomic E-state index is 12.3. The number of carbonyl (C=O) groups is 2. The van der Waals surface area contributed by atoms with Crippen molar-refractivity contribution in [2.24, 2.45) is 11.5 Å². The van der Waals surface area contributed by atoms with Crippen molar-refractivity contribution in [3.05, 3.63) is 59.7 Å². The Morgan fingerprint density at radius 1 is 1.04 bits per heavy atom. The van der Waals surface area contributed by atoms with Gasteiger partial charge in [-0.2, -0.15) is 0 Å². The molecule has 2 rings (SSSR count). The van der Waals surface area contributed by atoms with E-state index in [0.29, 0.717) is 0 Å². The van der Waals surface area contributed by atoms with Crippen molar-refractivity contribution >= 4 is 29.7 Å². The third-order valence-electron chi connectivity index (χ3n) is 4.03. The number of amides is 1. The molecule has 2 aromatic rings. The zero-order chi connectivity index (χ0) is 18.4. The van der Waals surface area contributed by atoms with Gasteiger partial charge in [-0.1, -0.05) is 61.0 Å². The second-order valence-corrected chi connectivity index (χ2v) is 6.10. The molecule has 1 unspecified atom stereocenters. The normalized spacial score (nSPS) is 11.6. The summed E-state index contributed by atoms with van der Waals surface area (Å²) in [6.45, 7) is 3.48. The molecule has 0 aliphatic heterocycles. The summed E-state index contributed by atoms with van der Waals surface area (Å²) in [7, 11) is 0. The molecule has 1 atom stereocenters. The molecular formula is C19H23BN2O3. The van der Waals surface area contributed by atoms with Crippen LogP contribution in [0.4, 0.5) is 0 Å². The fourth-order valence-electron chi connectivity index (χ4n) is 2.50. The quantitative estimate of drug-likeness (QED) is 0.715. The maximum absolute atomic E-state index is 12.3. The van der Waals surface area contributed by atoms with Crippen molar-refractivity contribution in [2.45, 2.75) is 32.7 Å². The molecule has 1 amide bonds. The predicted octanol–water partition coefficient (Wildman–Crippen LogP) is 0.409. The van der Waals surface area contributed by atoms with Crippen molar-refractivity contribution in [2.75, 3.05) is 0 Å². The predicted molar refractivity (Wildman–Crippen MR) is 99.9 cm³/mol. The molecule has 4 N–H and O–H groups in total. The van der Waals surface area contributed by atoms with Gasteiger partial charge in [-0.05, 0) is 29.8 Å². The summed E-state index contributed by atoms with van der Waals surface area (Å²) in [5, 5.41) is 0. The standard InChI is InChI=1S/C19H23BN2O3/c1-3-14-6-10-16(11-7-14)20(15-8-4-13(2)5-9-15)25-19(24)17(21)12-18(22)23/h4-11,17H,3,12,21H2,1-2H3,(H2,22,23). The van der Waals surface area contributed by atoms with Gasteiger partial charge in [0.05, 0.1) is 6.42 Å². The highest BCUT2D eigenvalue weighted by atomic mass is 16.5. The van der Waals surface area contributed by atoms with E-state index >= 15 is 0 Å². The summed E-state index contributed by atoms with van der Waals surface area (Å²) in [5.74, 6) is -1.28. The van der Waals surface area contributed by atoms with Gasteiger partial charge in [-0.3, -0.25) is 9.59 Å². The fourth-order valence-corrected chi connectivity index (χ4v) is 2.50. The lowest BCUT2D eigenvalue weighted by atomic mass is 9.55. The van der Waals surface area contributed by atoms with Gasteiger partial charge in [0.1, 0.15) is 6.04 Å². The van der Waals surface area contributed by atoms with E-state index in [1.54, 1.807) is 0 Å². The molecule has 25 heavy (non-hydrogen) atoms. The lowest BCUT2D eigenvalue weighted by molar-refractivity contribution is -0.137. The van der Waals surface area contributed by atoms with Crippen molar-refractivity contribution in [3.8, 4) is 0 Å². The topological polar surface area (TPSA) is 95.4 Å². The average molecular weight is 338 g/mol. The first-order valence-corrected chi connectivity index (χ1v) is 8.30. The van der Waals surface area contributed by atoms with Crippen LogP contribution in [0.3, 0.4) is 0 Å². The summed E-state index contributed by atoms with van der Waals surface area (Å²) < 4.78 is 5.63. The first-order chi connectivity index (χ1) is 11.9. The minimum atomic E-state index is -1.07. The Morgan fingerprint density at radius 3 is 2.04 bits per heavy atom. The van der Waals surface area contributed by atoms with Crippen LogP contribution < -0.4 is 22.4 Å². The van der Waals surface area contributed by atoms with Gasteiger partial charge in [0.25, 0.3) is 0 Å². The van der Waals surface area contributed by atoms with Gasteiger partial charge in [0.15, 0.2) is 0 Å². The number of benzene rings is 2. The van der Waals surface area contributed by atoms with Crippen LogP contribution in [-0.4, -0.2) is 24.8 Å². The Bertz CT molecular complexity index is 729. The molecule has 0 spiro atoms. The molecule has 0 aliphatic rings. The summed E-state index contributed by atoms with van der Waals surface area (Å²) >= 11 is 0. The second kappa shape index (κ2) is 8.49. The highest BCUT2D eigenvalue weighted by Crippen LogP contribution is 2.03. The molecule has 6 heteroatoms. The summed E-state index contributed by atoms with van der Waals surface area (Å²) in [5.41, 5.74) is 14.8. The van der Waals surface area contributed by atoms with E-state index in [0.717, 1.165) is 22.9 Å². The van der Waals surface area contributed by atoms with Crippen LogP contribution >= 0.6 is 0 Å². The molecule has 0 fully saturated rings. The molecule has 2 aromatic carbocycles. The number of primary amides is 1. The van der Waals surface area contributed by atoms with Gasteiger partial charge in [-0.15, -0.1) is 0 Å². The highest BCUT2D eigenvalue weighted by Gasteiger charge is 2.28. The molecule has 0 radical (unpaired) electrons. The molecule has 0 aliphatic carbocycles. The number of nitrogens with two attached hydrogens (primary N) is 2. The zero-order valence-electron chi connectivity index (χ0n) is 14.6. The van der Waals surface area contributed by atoms with Crippen molar-refractivity contribution in [3.63, 3.8) is 0 Å². The van der Waals surface area contributed by atoms with E-state index in [2.05, 4.69) is 6.92 Å². The number of aryl methyl sites for hydroxylation is 2. The Labute approximate surface area is 148 Å². The minimum absolute atomic E-state index is 0.242. The first-order valence-electron chi connectivity index (χ1n) is 8.30. The third-order valence-corrected chi connectivity index (χ3v) is 4.03. The van der Waals surface area contributed by atoms with Crippen LogP contribution in [0, 0.1) is 6.92 Å². The van der Waals surface area contributed by atoms with Crippen LogP contribution in [-0.2, 0) is 20.7 Å². The van der Waals surface area contributed by atoms with Gasteiger partial charge >= 0.3 is 12.9 Å². The largest absolute Gasteiger partial charge is 0.525 e. The molecule has 0 heterocycles. The monoisotopic (exact) mass is 338 g/mol. The second-order valence-electron chi connectivity index (χ2n) is 6.10. The first kappa shape index (κ1) is 18.7. The van der Waals surface area contributed by atoms with Crippen LogP contribution in [0.25, 0.3) is 0 Å². The van der Waals surface area contributed by atoms with E-state index in [1.165, 1.54) is 5.56 Å². The Morgan fingerprint density at radius 2 is 1.56 bits per heavy atom. The molecule has 130 valence electrons. The van der Waals surface area contributed by atoms with Crippen LogP contribution in [0.15, 0.2) is 48.5 Å². The number of rotatable bonds is 7. The molecule has 0 saturated carbocycles. The van der Waals surface area contributed by atoms with E-state index in [9.17, 15) is 9.59 Å². The van der Waals surface area contributed by atoms with E-state index in [-0.39, 0.29) is 6.42 Å². The molecule has 0 saturated heterocycles. The number of carbonyl (C=O) groups excluding carboxylic acids is 2. The Balaban J connectivity index is 2.29. The van der Waals surface area contributed by atoms with Crippen molar-refractivity contribution in [1.29, 1.82) is 0 Å². The SMILES string of the molecule is CCc1ccc(B(OC(=O)C(N)CC(N)=O)c2ccc(C)cc2)cc1. The third kappa shape index (κ3) is 5.19. The van der Waals surface area contributed by atoms with Gasteiger partial charge in [-0.25, -0.2) is 0 Å². The molecule has 0 aromatic heterocycles. The van der Waals surface area contributed by atoms with Gasteiger partial charge in [0.2, 0.25) is 5.91 Å². The van der Waals surface area contributed by atoms with Crippen LogP contribution in [0.1, 0.15) is 24.5 Å². The number of hydrogen-bond donors (Lipinski definition) is 2. The smallest absolute Gasteiger partial charge is 0.429 e. The van der Waals surface area contributed by atoms with E-state index in [1.807, 2.05) is 55.5 Å². The van der Waals surface area contributed by atoms with Gasteiger partial charge in [0, 0.05) is 0 Å². The van der Waals surface area contributed by atoms with Gasteiger partial charge < -0.3 is 16.1 Å². The van der Waals surface area contributed by atoms with Crippen molar-refractivity contribution < 1.29 is 14.2 Å². The lowest BCUT2D eigenvalue weighted by Crippen LogP contribution is -2.49. The molecular weight excluding hydrogens is 315 g/mol. The summed E-state index contributed by atoms with van der Waals surface area (Å²) in [6.07, 6.45) is 0.687. The number of hydrogen-bond acceptors (Lipinski definition) is 4. The summed E-state index contributed by atoms with van der Waals surface area (Å²) in [6, 6.07) is 14.6. The fraction of sp³-hybridized carbons (Fsp3) is 0.263. The summed E-state index contributed by atoms with van der Waals surface area (Å²) in [4.78, 5) is 23.3. The maximum Gasteiger partial charge on any atom is 0.429 e. The Kier molecular flexibility index (Phi) is 6.36. The average Bonchev–Trinajstić information content (AvgIpc) is 2.60. The highest BCUT2D eigenvalue weighted by molar-refractivity contribution is 6.81. The van der Waals surface area contributed by atoms with Crippen molar-refractivity contribution in [1.82, 2.24) is 0 Å². The van der Waals surface area contributed by atoms with E-state index in [4.69, 9.17) is 16.1 Å². The zero-order valence-corrected chi connectivity index (χ0v) is 14.6. The molecule has 0 bridgehead atoms. The van der Waals surface area contributed by atoms with Crippen LogP contribution in [0.5, 0.6) is 0 Å². The lowest BCUT2D eigenvalue weighted by Gasteiger charge is -2.18. The van der Waals surface area contributed by atoms with Crippen LogP contribution in [0.2, 0.25) is 0 Å². The minimum Gasteiger partial charge on any atom is -0.525 e. The van der Waals surface area contributed by atoms with E-state index < -0.39 is 24.8 Å².